The Kier molecular flexibility index (Phi) is 7.80. The zero-order chi connectivity index (χ0) is 15.5. The summed E-state index contributed by atoms with van der Waals surface area (Å²) in [6.07, 6.45) is 8.86. The smallest absolute Gasteiger partial charge is 0.253 e. The molecule has 0 unspecified atom stereocenters. The maximum atomic E-state index is 11.1. The van der Waals surface area contributed by atoms with E-state index in [9.17, 15) is 9.59 Å². The second-order valence-corrected chi connectivity index (χ2v) is 4.84. The Balaban J connectivity index is 0.000000235. The molecule has 1 aliphatic rings. The van der Waals surface area contributed by atoms with Crippen molar-refractivity contribution in [3.63, 3.8) is 0 Å². The lowest BCUT2D eigenvalue weighted by Crippen LogP contribution is -2.30. The summed E-state index contributed by atoms with van der Waals surface area (Å²) in [5, 5.41) is 0. The monoisotopic (exact) mass is 285 g/mol. The molecule has 0 aliphatic carbocycles. The Bertz CT molecular complexity index is 473. The van der Waals surface area contributed by atoms with Gasteiger partial charge in [-0.05, 0) is 12.0 Å². The average Bonchev–Trinajstić information content (AvgIpc) is 2.84. The van der Waals surface area contributed by atoms with Crippen molar-refractivity contribution >= 4 is 17.9 Å². The van der Waals surface area contributed by atoms with Crippen LogP contribution in [0.15, 0.2) is 49.1 Å². The fraction of sp³-hybridized carbons (Fsp3) is 0.333. The van der Waals surface area contributed by atoms with E-state index in [2.05, 4.69) is 13.5 Å². The first-order chi connectivity index (χ1) is 10.2. The van der Waals surface area contributed by atoms with E-state index < -0.39 is 0 Å². The Hall–Kier alpha value is -2.16. The van der Waals surface area contributed by atoms with Crippen molar-refractivity contribution in [1.82, 2.24) is 4.90 Å². The molecular formula is C18H23NO2. The molecule has 0 fully saturated rings. The number of imide groups is 1. The summed E-state index contributed by atoms with van der Waals surface area (Å²) in [6.45, 7) is 6.34. The molecule has 112 valence electrons. The molecule has 0 atom stereocenters. The van der Waals surface area contributed by atoms with Gasteiger partial charge in [0.15, 0.2) is 0 Å². The number of nitrogens with zero attached hydrogens (tertiary/aromatic N) is 1. The van der Waals surface area contributed by atoms with Crippen LogP contribution in [0, 0.1) is 0 Å². The highest BCUT2D eigenvalue weighted by Crippen LogP contribution is 2.07. The van der Waals surface area contributed by atoms with Crippen molar-refractivity contribution in [3.8, 4) is 0 Å². The van der Waals surface area contributed by atoms with Crippen LogP contribution in [-0.4, -0.2) is 23.3 Å². The van der Waals surface area contributed by atoms with Crippen molar-refractivity contribution in [2.75, 3.05) is 6.54 Å². The van der Waals surface area contributed by atoms with Crippen LogP contribution in [0.4, 0.5) is 0 Å². The number of amides is 2. The van der Waals surface area contributed by atoms with Gasteiger partial charge in [-0.1, -0.05) is 69.2 Å². The van der Waals surface area contributed by atoms with Gasteiger partial charge in [-0.15, -0.1) is 0 Å². The third-order valence-corrected chi connectivity index (χ3v) is 3.17. The number of carbonyl (C=O) groups is 2. The van der Waals surface area contributed by atoms with E-state index in [-0.39, 0.29) is 11.8 Å². The molecule has 1 heterocycles. The summed E-state index contributed by atoms with van der Waals surface area (Å²) in [4.78, 5) is 23.4. The lowest BCUT2D eigenvalue weighted by atomic mass is 10.2. The summed E-state index contributed by atoms with van der Waals surface area (Å²) in [5.74, 6) is -0.331. The van der Waals surface area contributed by atoms with E-state index in [1.54, 1.807) is 0 Å². The molecule has 0 saturated carbocycles. The highest BCUT2D eigenvalue weighted by atomic mass is 16.2. The molecule has 2 amide bonds. The topological polar surface area (TPSA) is 37.4 Å². The van der Waals surface area contributed by atoms with Crippen LogP contribution in [0.3, 0.4) is 0 Å². The molecule has 0 radical (unpaired) electrons. The van der Waals surface area contributed by atoms with Crippen molar-refractivity contribution in [2.24, 2.45) is 0 Å². The molecule has 3 heteroatoms. The molecule has 0 aromatic heterocycles. The fourth-order valence-corrected chi connectivity index (χ4v) is 1.94. The number of rotatable bonds is 6. The van der Waals surface area contributed by atoms with Gasteiger partial charge in [0, 0.05) is 18.7 Å². The van der Waals surface area contributed by atoms with E-state index in [0.29, 0.717) is 6.54 Å². The van der Waals surface area contributed by atoms with Crippen molar-refractivity contribution in [2.45, 2.75) is 32.6 Å². The summed E-state index contributed by atoms with van der Waals surface area (Å²) >= 11 is 0. The second-order valence-electron chi connectivity index (χ2n) is 4.84. The van der Waals surface area contributed by atoms with E-state index in [4.69, 9.17) is 0 Å². The molecule has 0 spiro atoms. The zero-order valence-corrected chi connectivity index (χ0v) is 12.6. The molecule has 3 nitrogen and oxygen atoms in total. The van der Waals surface area contributed by atoms with Gasteiger partial charge >= 0.3 is 0 Å². The molecule has 2 rings (SSSR count). The number of unbranched alkanes of at least 4 members (excludes halogenated alkanes) is 3. The van der Waals surface area contributed by atoms with E-state index in [0.717, 1.165) is 12.8 Å². The van der Waals surface area contributed by atoms with Crippen LogP contribution in [0.1, 0.15) is 38.2 Å². The van der Waals surface area contributed by atoms with Gasteiger partial charge in [0.25, 0.3) is 11.8 Å². The quantitative estimate of drug-likeness (QED) is 0.588. The summed E-state index contributed by atoms with van der Waals surface area (Å²) in [6, 6.07) is 10.0. The Morgan fingerprint density at radius 2 is 1.62 bits per heavy atom. The van der Waals surface area contributed by atoms with Gasteiger partial charge in [-0.25, -0.2) is 0 Å². The number of hydrogen-bond acceptors (Lipinski definition) is 2. The molecule has 1 aliphatic heterocycles. The third kappa shape index (κ3) is 6.21. The first-order valence-corrected chi connectivity index (χ1v) is 7.40. The molecular weight excluding hydrogens is 262 g/mol. The average molecular weight is 285 g/mol. The summed E-state index contributed by atoms with van der Waals surface area (Å²) < 4.78 is 0. The number of benzene rings is 1. The lowest BCUT2D eigenvalue weighted by molar-refractivity contribution is -0.136. The second kappa shape index (κ2) is 9.70. The normalized spacial score (nSPS) is 13.1. The summed E-state index contributed by atoms with van der Waals surface area (Å²) in [7, 11) is 0. The predicted octanol–water partition coefficient (Wildman–Crippen LogP) is 3.82. The largest absolute Gasteiger partial charge is 0.275 e. The fourth-order valence-electron chi connectivity index (χ4n) is 1.94. The first-order valence-electron chi connectivity index (χ1n) is 7.40. The van der Waals surface area contributed by atoms with Crippen LogP contribution in [0.25, 0.3) is 6.08 Å². The summed E-state index contributed by atoms with van der Waals surface area (Å²) in [5.41, 5.74) is 1.17. The first kappa shape index (κ1) is 16.9. The van der Waals surface area contributed by atoms with Gasteiger partial charge in [-0.3, -0.25) is 14.5 Å². The lowest BCUT2D eigenvalue weighted by Gasteiger charge is -2.12. The van der Waals surface area contributed by atoms with Crippen LogP contribution in [0.2, 0.25) is 0 Å². The number of carbonyl (C=O) groups excluding carboxylic acids is 2. The van der Waals surface area contributed by atoms with Gasteiger partial charge in [0.05, 0.1) is 0 Å². The molecule has 0 bridgehead atoms. The van der Waals surface area contributed by atoms with Crippen molar-refractivity contribution in [3.05, 3.63) is 54.6 Å². The molecule has 1 aromatic carbocycles. The zero-order valence-electron chi connectivity index (χ0n) is 12.6. The van der Waals surface area contributed by atoms with Gasteiger partial charge < -0.3 is 0 Å². The van der Waals surface area contributed by atoms with Crippen LogP contribution in [-0.2, 0) is 9.59 Å². The van der Waals surface area contributed by atoms with Gasteiger partial charge in [0.1, 0.15) is 0 Å². The maximum Gasteiger partial charge on any atom is 0.253 e. The Morgan fingerprint density at radius 1 is 1.00 bits per heavy atom. The molecule has 0 N–H and O–H groups in total. The van der Waals surface area contributed by atoms with E-state index in [1.165, 1.54) is 35.5 Å². The predicted molar refractivity (Wildman–Crippen MR) is 86.5 cm³/mol. The minimum atomic E-state index is -0.165. The minimum absolute atomic E-state index is 0.165. The third-order valence-electron chi connectivity index (χ3n) is 3.17. The molecule has 0 saturated heterocycles. The van der Waals surface area contributed by atoms with Crippen LogP contribution < -0.4 is 0 Å². The highest BCUT2D eigenvalue weighted by molar-refractivity contribution is 6.12. The van der Waals surface area contributed by atoms with Crippen molar-refractivity contribution < 1.29 is 9.59 Å². The highest BCUT2D eigenvalue weighted by Gasteiger charge is 2.21. The van der Waals surface area contributed by atoms with Crippen LogP contribution in [0.5, 0.6) is 0 Å². The van der Waals surface area contributed by atoms with Gasteiger partial charge in [-0.2, -0.15) is 0 Å². The Morgan fingerprint density at radius 3 is 2.10 bits per heavy atom. The van der Waals surface area contributed by atoms with Crippen LogP contribution >= 0.6 is 0 Å². The standard InChI is InChI=1S/C10H15NO2.C8H8/c1-2-3-4-5-8-11-9(12)6-7-10(11)13;1-2-8-6-4-3-5-7-8/h6-7H,2-5,8H2,1H3;2-7H,1H2. The maximum absolute atomic E-state index is 11.1. The SMILES string of the molecule is C=Cc1ccccc1.CCCCCCN1C(=O)C=CC1=O. The molecule has 21 heavy (non-hydrogen) atoms. The van der Waals surface area contributed by atoms with E-state index >= 15 is 0 Å². The van der Waals surface area contributed by atoms with Crippen molar-refractivity contribution in [1.29, 1.82) is 0 Å². The van der Waals surface area contributed by atoms with E-state index in [1.807, 2.05) is 36.4 Å². The molecule has 1 aromatic rings. The number of hydrogen-bond donors (Lipinski definition) is 0. The minimum Gasteiger partial charge on any atom is -0.275 e. The Labute approximate surface area is 127 Å². The van der Waals surface area contributed by atoms with Gasteiger partial charge in [0.2, 0.25) is 0 Å².